The van der Waals surface area contributed by atoms with Crippen LogP contribution in [0, 0.1) is 6.92 Å². The van der Waals surface area contributed by atoms with Crippen LogP contribution in [0.5, 0.6) is 0 Å². The lowest BCUT2D eigenvalue weighted by molar-refractivity contribution is 0.798. The van der Waals surface area contributed by atoms with E-state index in [2.05, 4.69) is 51.3 Å². The Morgan fingerprint density at radius 3 is 2.50 bits per heavy atom. The predicted molar refractivity (Wildman–Crippen MR) is 82.3 cm³/mol. The number of nitrogen functional groups attached to an aromatic ring is 1. The van der Waals surface area contributed by atoms with Crippen molar-refractivity contribution in [3.63, 3.8) is 0 Å². The molecule has 0 saturated heterocycles. The molecule has 100 valence electrons. The van der Waals surface area contributed by atoms with Gasteiger partial charge in [0, 0.05) is 24.5 Å². The van der Waals surface area contributed by atoms with Crippen LogP contribution in [0.2, 0.25) is 0 Å². The third-order valence-electron chi connectivity index (χ3n) is 3.38. The van der Waals surface area contributed by atoms with Gasteiger partial charge in [0.25, 0.3) is 0 Å². The molecule has 2 heteroatoms. The summed E-state index contributed by atoms with van der Waals surface area (Å²) in [6, 6.07) is 4.34. The summed E-state index contributed by atoms with van der Waals surface area (Å²) >= 11 is 0. The maximum Gasteiger partial charge on any atom is 0.0402 e. The molecule has 0 amide bonds. The molecule has 1 aromatic rings. The molecule has 0 unspecified atom stereocenters. The molecule has 2 nitrogen and oxygen atoms in total. The molecule has 1 rings (SSSR count). The van der Waals surface area contributed by atoms with Gasteiger partial charge in [0.05, 0.1) is 0 Å². The summed E-state index contributed by atoms with van der Waals surface area (Å²) in [7, 11) is 0. The molecule has 0 bridgehead atoms. The third-order valence-corrected chi connectivity index (χ3v) is 3.38. The number of nitrogens with zero attached hydrogens (tertiary/aromatic N) is 1. The zero-order chi connectivity index (χ0) is 13.7. The summed E-state index contributed by atoms with van der Waals surface area (Å²) < 4.78 is 0. The van der Waals surface area contributed by atoms with Crippen LogP contribution in [0.25, 0.3) is 0 Å². The van der Waals surface area contributed by atoms with Gasteiger partial charge < -0.3 is 10.6 Å². The van der Waals surface area contributed by atoms with E-state index < -0.39 is 0 Å². The molecular weight excluding hydrogens is 220 g/mol. The number of nitrogens with two attached hydrogens (primary N) is 1. The Balaban J connectivity index is 3.03. The van der Waals surface area contributed by atoms with Crippen LogP contribution in [-0.2, 0) is 6.42 Å². The summed E-state index contributed by atoms with van der Waals surface area (Å²) in [6.45, 7) is 14.6. The third kappa shape index (κ3) is 3.52. The van der Waals surface area contributed by atoms with Gasteiger partial charge in [-0.15, -0.1) is 6.58 Å². The van der Waals surface area contributed by atoms with Gasteiger partial charge in [0.2, 0.25) is 0 Å². The average molecular weight is 246 g/mol. The molecule has 0 aliphatic heterocycles. The van der Waals surface area contributed by atoms with E-state index in [0.717, 1.165) is 37.2 Å². The number of rotatable bonds is 6. The quantitative estimate of drug-likeness (QED) is 0.608. The number of anilines is 2. The number of aryl methyl sites for hydroxylation is 2. The smallest absolute Gasteiger partial charge is 0.0402 e. The summed E-state index contributed by atoms with van der Waals surface area (Å²) in [6.07, 6.45) is 2.06. The van der Waals surface area contributed by atoms with Gasteiger partial charge in [0.15, 0.2) is 0 Å². The minimum atomic E-state index is 0.895. The Labute approximate surface area is 111 Å². The second-order valence-corrected chi connectivity index (χ2v) is 4.98. The van der Waals surface area contributed by atoms with Gasteiger partial charge in [-0.25, -0.2) is 0 Å². The van der Waals surface area contributed by atoms with Crippen molar-refractivity contribution in [2.75, 3.05) is 23.7 Å². The minimum Gasteiger partial charge on any atom is -0.399 e. The second-order valence-electron chi connectivity index (χ2n) is 4.98. The minimum absolute atomic E-state index is 0.895. The van der Waals surface area contributed by atoms with E-state index in [1.54, 1.807) is 0 Å². The average Bonchev–Trinajstić information content (AvgIpc) is 2.33. The largest absolute Gasteiger partial charge is 0.399 e. The van der Waals surface area contributed by atoms with Gasteiger partial charge in [-0.1, -0.05) is 12.5 Å². The summed E-state index contributed by atoms with van der Waals surface area (Å²) in [5.74, 6) is 0. The summed E-state index contributed by atoms with van der Waals surface area (Å²) in [4.78, 5) is 2.42. The van der Waals surface area contributed by atoms with E-state index in [0.29, 0.717) is 0 Å². The molecule has 0 spiro atoms. The van der Waals surface area contributed by atoms with E-state index in [1.165, 1.54) is 16.8 Å². The fourth-order valence-electron chi connectivity index (χ4n) is 2.11. The van der Waals surface area contributed by atoms with Crippen molar-refractivity contribution in [3.8, 4) is 0 Å². The Bertz CT molecular complexity index is 421. The molecule has 0 heterocycles. The molecule has 2 N–H and O–H groups in total. The Hall–Kier alpha value is -1.44. The maximum atomic E-state index is 6.00. The van der Waals surface area contributed by atoms with Crippen molar-refractivity contribution in [1.82, 2.24) is 0 Å². The van der Waals surface area contributed by atoms with Crippen molar-refractivity contribution in [2.45, 2.75) is 40.5 Å². The lowest BCUT2D eigenvalue weighted by Gasteiger charge is -2.26. The van der Waals surface area contributed by atoms with E-state index >= 15 is 0 Å². The zero-order valence-corrected chi connectivity index (χ0v) is 12.2. The van der Waals surface area contributed by atoms with E-state index in [4.69, 9.17) is 5.73 Å². The van der Waals surface area contributed by atoms with Crippen molar-refractivity contribution < 1.29 is 0 Å². The molecule has 18 heavy (non-hydrogen) atoms. The fourth-order valence-corrected chi connectivity index (χ4v) is 2.11. The highest BCUT2D eigenvalue weighted by Gasteiger charge is 2.10. The molecular formula is C16H26N2. The van der Waals surface area contributed by atoms with Crippen LogP contribution in [-0.4, -0.2) is 13.1 Å². The van der Waals surface area contributed by atoms with Crippen LogP contribution in [0.1, 0.15) is 38.3 Å². The van der Waals surface area contributed by atoms with Crippen LogP contribution < -0.4 is 10.6 Å². The second kappa shape index (κ2) is 6.48. The fraction of sp³-hybridized carbons (Fsp3) is 0.500. The normalized spacial score (nSPS) is 10.4. The summed E-state index contributed by atoms with van der Waals surface area (Å²) in [5.41, 5.74) is 12.0. The lowest BCUT2D eigenvalue weighted by atomic mass is 10.0. The van der Waals surface area contributed by atoms with Crippen LogP contribution in [0.3, 0.4) is 0 Å². The molecule has 0 aliphatic rings. The van der Waals surface area contributed by atoms with Crippen molar-refractivity contribution in [2.24, 2.45) is 0 Å². The Kier molecular flexibility index (Phi) is 5.26. The van der Waals surface area contributed by atoms with E-state index in [1.807, 2.05) is 0 Å². The van der Waals surface area contributed by atoms with Gasteiger partial charge in [-0.2, -0.15) is 0 Å². The number of hydrogen-bond donors (Lipinski definition) is 1. The van der Waals surface area contributed by atoms with Crippen LogP contribution in [0.15, 0.2) is 24.3 Å². The standard InChI is InChI=1S/C16H26N2/c1-6-14-11-15(17)13(5)10-16(14)18(7-2)9-8-12(3)4/h10-11H,3,6-9,17H2,1-2,4-5H3. The van der Waals surface area contributed by atoms with Gasteiger partial charge in [0.1, 0.15) is 0 Å². The predicted octanol–water partition coefficient (Wildman–Crippen LogP) is 3.93. The molecule has 0 atom stereocenters. The number of hydrogen-bond acceptors (Lipinski definition) is 2. The first-order chi connectivity index (χ1) is 8.49. The molecule has 0 radical (unpaired) electrons. The molecule has 1 aromatic carbocycles. The molecule has 0 aromatic heterocycles. The van der Waals surface area contributed by atoms with E-state index in [-0.39, 0.29) is 0 Å². The summed E-state index contributed by atoms with van der Waals surface area (Å²) in [5, 5.41) is 0. The zero-order valence-electron chi connectivity index (χ0n) is 12.2. The molecule has 0 aliphatic carbocycles. The van der Waals surface area contributed by atoms with Crippen molar-refractivity contribution in [1.29, 1.82) is 0 Å². The highest BCUT2D eigenvalue weighted by atomic mass is 15.1. The van der Waals surface area contributed by atoms with Gasteiger partial charge >= 0.3 is 0 Å². The molecule has 0 saturated carbocycles. The van der Waals surface area contributed by atoms with Crippen molar-refractivity contribution >= 4 is 11.4 Å². The van der Waals surface area contributed by atoms with Crippen LogP contribution in [0.4, 0.5) is 11.4 Å². The first-order valence-corrected chi connectivity index (χ1v) is 6.77. The Morgan fingerprint density at radius 2 is 2.00 bits per heavy atom. The topological polar surface area (TPSA) is 29.3 Å². The Morgan fingerprint density at radius 1 is 1.33 bits per heavy atom. The highest BCUT2D eigenvalue weighted by molar-refractivity contribution is 5.63. The lowest BCUT2D eigenvalue weighted by Crippen LogP contribution is -2.25. The first kappa shape index (κ1) is 14.6. The maximum absolute atomic E-state index is 6.00. The first-order valence-electron chi connectivity index (χ1n) is 6.77. The highest BCUT2D eigenvalue weighted by Crippen LogP contribution is 2.27. The molecule has 0 fully saturated rings. The monoisotopic (exact) mass is 246 g/mol. The van der Waals surface area contributed by atoms with E-state index in [9.17, 15) is 0 Å². The van der Waals surface area contributed by atoms with Gasteiger partial charge in [-0.05, 0) is 56.9 Å². The van der Waals surface area contributed by atoms with Crippen molar-refractivity contribution in [3.05, 3.63) is 35.4 Å². The van der Waals surface area contributed by atoms with Crippen LogP contribution >= 0.6 is 0 Å². The number of benzene rings is 1. The SMILES string of the molecule is C=C(C)CCN(CC)c1cc(C)c(N)cc1CC. The van der Waals surface area contributed by atoms with Gasteiger partial charge in [-0.3, -0.25) is 0 Å².